The van der Waals surface area contributed by atoms with Crippen LogP contribution in [-0.4, -0.2) is 51.0 Å². The Morgan fingerprint density at radius 2 is 1.79 bits per heavy atom. The van der Waals surface area contributed by atoms with Gasteiger partial charge in [0, 0.05) is 25.2 Å². The van der Waals surface area contributed by atoms with Crippen molar-refractivity contribution < 1.29 is 9.53 Å². The average Bonchev–Trinajstić information content (AvgIpc) is 3.25. The van der Waals surface area contributed by atoms with E-state index in [9.17, 15) is 4.79 Å². The molecule has 174 valence electrons. The number of ether oxygens (including phenoxy) is 1. The van der Waals surface area contributed by atoms with Gasteiger partial charge in [-0.3, -0.25) is 4.79 Å². The first-order chi connectivity index (χ1) is 16.0. The molecule has 1 aliphatic heterocycles. The number of rotatable bonds is 8. The highest BCUT2D eigenvalue weighted by molar-refractivity contribution is 8.00. The van der Waals surface area contributed by atoms with Crippen LogP contribution in [0, 0.1) is 5.92 Å². The maximum Gasteiger partial charge on any atom is 0.235 e. The van der Waals surface area contributed by atoms with E-state index in [2.05, 4.69) is 46.0 Å². The van der Waals surface area contributed by atoms with E-state index in [0.717, 1.165) is 61.2 Å². The second kappa shape index (κ2) is 10.9. The fourth-order valence-electron chi connectivity index (χ4n) is 4.11. The standard InChI is InChI=1S/C26H32N4O2S/c1-19-13-16-29(17-14-19)25(31)20(2)33-26-28-27-24(22-9-11-23(32-3)12-10-22)30(26)18-15-21-7-5-4-6-8-21/h4-12,19-20H,13-18H2,1-3H3. The van der Waals surface area contributed by atoms with E-state index in [1.54, 1.807) is 7.11 Å². The predicted octanol–water partition coefficient (Wildman–Crippen LogP) is 4.94. The van der Waals surface area contributed by atoms with Crippen LogP contribution in [0.1, 0.15) is 32.3 Å². The molecule has 1 saturated heterocycles. The first kappa shape index (κ1) is 23.4. The predicted molar refractivity (Wildman–Crippen MR) is 132 cm³/mol. The summed E-state index contributed by atoms with van der Waals surface area (Å²) in [7, 11) is 1.66. The van der Waals surface area contributed by atoms with Crippen LogP contribution in [0.25, 0.3) is 11.4 Å². The van der Waals surface area contributed by atoms with Crippen molar-refractivity contribution in [2.75, 3.05) is 20.2 Å². The van der Waals surface area contributed by atoms with Gasteiger partial charge >= 0.3 is 0 Å². The number of amides is 1. The number of nitrogens with zero attached hydrogens (tertiary/aromatic N) is 4. The summed E-state index contributed by atoms with van der Waals surface area (Å²) in [5.41, 5.74) is 2.24. The molecule has 3 aromatic rings. The van der Waals surface area contributed by atoms with E-state index >= 15 is 0 Å². The third-order valence-corrected chi connectivity index (χ3v) is 7.33. The lowest BCUT2D eigenvalue weighted by atomic mass is 9.99. The minimum Gasteiger partial charge on any atom is -0.497 e. The van der Waals surface area contributed by atoms with Crippen LogP contribution in [0.3, 0.4) is 0 Å². The van der Waals surface area contributed by atoms with Gasteiger partial charge < -0.3 is 14.2 Å². The van der Waals surface area contributed by atoms with Gasteiger partial charge in [0.25, 0.3) is 0 Å². The van der Waals surface area contributed by atoms with E-state index in [4.69, 9.17) is 4.74 Å². The summed E-state index contributed by atoms with van der Waals surface area (Å²) in [6.07, 6.45) is 3.03. The lowest BCUT2D eigenvalue weighted by Crippen LogP contribution is -2.41. The van der Waals surface area contributed by atoms with Crippen LogP contribution < -0.4 is 4.74 Å². The molecule has 0 bridgehead atoms. The van der Waals surface area contributed by atoms with Gasteiger partial charge in [-0.2, -0.15) is 0 Å². The molecule has 4 rings (SSSR count). The van der Waals surface area contributed by atoms with Crippen molar-refractivity contribution in [3.8, 4) is 17.1 Å². The number of likely N-dealkylation sites (tertiary alicyclic amines) is 1. The SMILES string of the molecule is COc1ccc(-c2nnc(SC(C)C(=O)N3CCC(C)CC3)n2CCc2ccccc2)cc1. The largest absolute Gasteiger partial charge is 0.497 e. The molecule has 1 aliphatic rings. The third kappa shape index (κ3) is 5.77. The number of aromatic nitrogens is 3. The normalized spacial score (nSPS) is 15.4. The fraction of sp³-hybridized carbons (Fsp3) is 0.423. The Morgan fingerprint density at radius 1 is 1.09 bits per heavy atom. The first-order valence-corrected chi connectivity index (χ1v) is 12.5. The van der Waals surface area contributed by atoms with Crippen molar-refractivity contribution in [1.29, 1.82) is 0 Å². The lowest BCUT2D eigenvalue weighted by molar-refractivity contribution is -0.131. The topological polar surface area (TPSA) is 60.3 Å². The number of thioether (sulfide) groups is 1. The monoisotopic (exact) mass is 464 g/mol. The molecule has 0 N–H and O–H groups in total. The van der Waals surface area contributed by atoms with Crippen LogP contribution in [0.5, 0.6) is 5.75 Å². The highest BCUT2D eigenvalue weighted by Gasteiger charge is 2.27. The molecule has 1 amide bonds. The molecule has 0 aliphatic carbocycles. The summed E-state index contributed by atoms with van der Waals surface area (Å²) in [5.74, 6) is 2.50. The van der Waals surface area contributed by atoms with Crippen LogP contribution in [0.4, 0.5) is 0 Å². The number of benzene rings is 2. The Balaban J connectivity index is 1.55. The Labute approximate surface area is 200 Å². The molecule has 0 saturated carbocycles. The Bertz CT molecular complexity index is 1040. The van der Waals surface area contributed by atoms with Gasteiger partial charge in [0.1, 0.15) is 5.75 Å². The molecular weight excluding hydrogens is 432 g/mol. The zero-order valence-corrected chi connectivity index (χ0v) is 20.4. The Morgan fingerprint density at radius 3 is 2.45 bits per heavy atom. The number of hydrogen-bond donors (Lipinski definition) is 0. The highest BCUT2D eigenvalue weighted by atomic mass is 32.2. The number of hydrogen-bond acceptors (Lipinski definition) is 5. The molecule has 7 heteroatoms. The van der Waals surface area contributed by atoms with Crippen molar-refractivity contribution in [3.63, 3.8) is 0 Å². The van der Waals surface area contributed by atoms with Crippen LogP contribution in [0.15, 0.2) is 59.8 Å². The molecular formula is C26H32N4O2S. The van der Waals surface area contributed by atoms with Crippen molar-refractivity contribution in [2.24, 2.45) is 5.92 Å². The Hall–Kier alpha value is -2.80. The van der Waals surface area contributed by atoms with Crippen molar-refractivity contribution in [2.45, 2.75) is 50.1 Å². The van der Waals surface area contributed by atoms with Gasteiger partial charge in [-0.15, -0.1) is 10.2 Å². The van der Waals surface area contributed by atoms with Gasteiger partial charge in [0.2, 0.25) is 5.91 Å². The summed E-state index contributed by atoms with van der Waals surface area (Å²) in [6.45, 7) is 6.68. The van der Waals surface area contributed by atoms with E-state index < -0.39 is 0 Å². The summed E-state index contributed by atoms with van der Waals surface area (Å²) in [4.78, 5) is 15.1. The molecule has 1 atom stereocenters. The summed E-state index contributed by atoms with van der Waals surface area (Å²) < 4.78 is 7.44. The maximum atomic E-state index is 13.1. The maximum absolute atomic E-state index is 13.1. The van der Waals surface area contributed by atoms with Crippen molar-refractivity contribution in [1.82, 2.24) is 19.7 Å². The molecule has 2 heterocycles. The first-order valence-electron chi connectivity index (χ1n) is 11.6. The van der Waals surface area contributed by atoms with Crippen LogP contribution in [-0.2, 0) is 17.8 Å². The summed E-state index contributed by atoms with van der Waals surface area (Å²) in [6, 6.07) is 18.3. The third-order valence-electron chi connectivity index (χ3n) is 6.26. The number of piperidine rings is 1. The molecule has 1 fully saturated rings. The number of carbonyl (C=O) groups excluding carboxylic acids is 1. The number of methoxy groups -OCH3 is 1. The Kier molecular flexibility index (Phi) is 7.70. The van der Waals surface area contributed by atoms with Gasteiger partial charge in [0.05, 0.1) is 12.4 Å². The molecule has 1 unspecified atom stereocenters. The molecule has 0 radical (unpaired) electrons. The molecule has 0 spiro atoms. The molecule has 33 heavy (non-hydrogen) atoms. The second-order valence-electron chi connectivity index (χ2n) is 8.69. The summed E-state index contributed by atoms with van der Waals surface area (Å²) >= 11 is 1.50. The molecule has 6 nitrogen and oxygen atoms in total. The second-order valence-corrected chi connectivity index (χ2v) is 10.00. The lowest BCUT2D eigenvalue weighted by Gasteiger charge is -2.32. The molecule has 1 aromatic heterocycles. The van der Waals surface area contributed by atoms with Gasteiger partial charge in [-0.25, -0.2) is 0 Å². The van der Waals surface area contributed by atoms with Crippen molar-refractivity contribution in [3.05, 3.63) is 60.2 Å². The van der Waals surface area contributed by atoms with E-state index in [1.165, 1.54) is 17.3 Å². The van der Waals surface area contributed by atoms with Crippen LogP contribution >= 0.6 is 11.8 Å². The van der Waals surface area contributed by atoms with E-state index in [0.29, 0.717) is 5.92 Å². The van der Waals surface area contributed by atoms with E-state index in [-0.39, 0.29) is 11.2 Å². The fourth-order valence-corrected chi connectivity index (χ4v) is 5.07. The van der Waals surface area contributed by atoms with Gasteiger partial charge in [0.15, 0.2) is 11.0 Å². The van der Waals surface area contributed by atoms with Crippen LogP contribution in [0.2, 0.25) is 0 Å². The molecule has 2 aromatic carbocycles. The highest BCUT2D eigenvalue weighted by Crippen LogP contribution is 2.30. The zero-order chi connectivity index (χ0) is 23.2. The quantitative estimate of drug-likeness (QED) is 0.442. The minimum atomic E-state index is -0.207. The van der Waals surface area contributed by atoms with E-state index in [1.807, 2.05) is 42.2 Å². The smallest absolute Gasteiger partial charge is 0.235 e. The number of aryl methyl sites for hydroxylation is 1. The van der Waals surface area contributed by atoms with Gasteiger partial charge in [-0.05, 0) is 61.9 Å². The minimum absolute atomic E-state index is 0.190. The number of carbonyl (C=O) groups is 1. The average molecular weight is 465 g/mol. The zero-order valence-electron chi connectivity index (χ0n) is 19.6. The van der Waals surface area contributed by atoms with Gasteiger partial charge in [-0.1, -0.05) is 49.0 Å². The summed E-state index contributed by atoms with van der Waals surface area (Å²) in [5, 5.41) is 9.59. The van der Waals surface area contributed by atoms with Crippen molar-refractivity contribution >= 4 is 17.7 Å².